The zero-order valence-corrected chi connectivity index (χ0v) is 15.6. The standard InChI is InChI=1S/C19H24F4N2O2/c1-17(2,3)27-16(26)25-9-6-13(25)11-24-18(7-8-18)12-4-5-15(20)14(10-12)19(21,22)23/h4-5,10,13,24H,6-9,11H2,1-3H3/t13-/m0/s1. The molecule has 150 valence electrons. The van der Waals surface area contributed by atoms with Crippen LogP contribution in [0, 0.1) is 5.82 Å². The van der Waals surface area contributed by atoms with Crippen molar-refractivity contribution in [1.29, 1.82) is 0 Å². The van der Waals surface area contributed by atoms with Crippen molar-refractivity contribution in [3.63, 3.8) is 0 Å². The monoisotopic (exact) mass is 388 g/mol. The highest BCUT2D eigenvalue weighted by molar-refractivity contribution is 5.69. The van der Waals surface area contributed by atoms with Gasteiger partial charge in [0.2, 0.25) is 0 Å². The van der Waals surface area contributed by atoms with Crippen LogP contribution in [0.15, 0.2) is 18.2 Å². The summed E-state index contributed by atoms with van der Waals surface area (Å²) in [5.74, 6) is -1.27. The summed E-state index contributed by atoms with van der Waals surface area (Å²) in [5, 5.41) is 3.29. The Morgan fingerprint density at radius 1 is 1.30 bits per heavy atom. The molecule has 1 saturated heterocycles. The molecule has 27 heavy (non-hydrogen) atoms. The van der Waals surface area contributed by atoms with Crippen LogP contribution in [0.2, 0.25) is 0 Å². The van der Waals surface area contributed by atoms with E-state index < -0.39 is 28.7 Å². The smallest absolute Gasteiger partial charge is 0.419 e. The maximum Gasteiger partial charge on any atom is 0.419 e. The minimum Gasteiger partial charge on any atom is -0.444 e. The number of benzene rings is 1. The summed E-state index contributed by atoms with van der Waals surface area (Å²) in [4.78, 5) is 13.8. The minimum absolute atomic E-state index is 0.0557. The number of hydrogen-bond donors (Lipinski definition) is 1. The van der Waals surface area contributed by atoms with E-state index in [1.165, 1.54) is 6.07 Å². The quantitative estimate of drug-likeness (QED) is 0.776. The Balaban J connectivity index is 1.64. The predicted molar refractivity (Wildman–Crippen MR) is 91.7 cm³/mol. The highest BCUT2D eigenvalue weighted by Gasteiger charge is 2.47. The average molecular weight is 388 g/mol. The zero-order chi connectivity index (χ0) is 20.0. The van der Waals surface area contributed by atoms with Gasteiger partial charge in [0.1, 0.15) is 11.4 Å². The van der Waals surface area contributed by atoms with Gasteiger partial charge in [-0.2, -0.15) is 13.2 Å². The first-order chi connectivity index (χ1) is 12.4. The molecule has 0 unspecified atom stereocenters. The number of likely N-dealkylation sites (tertiary alicyclic amines) is 1. The van der Waals surface area contributed by atoms with Crippen LogP contribution in [0.4, 0.5) is 22.4 Å². The number of nitrogens with one attached hydrogen (secondary N) is 1. The third-order valence-corrected chi connectivity index (χ3v) is 5.02. The van der Waals surface area contributed by atoms with Crippen molar-refractivity contribution in [2.24, 2.45) is 0 Å². The molecular weight excluding hydrogens is 364 g/mol. The van der Waals surface area contributed by atoms with Crippen LogP contribution >= 0.6 is 0 Å². The molecule has 4 nitrogen and oxygen atoms in total. The fraction of sp³-hybridized carbons (Fsp3) is 0.632. The molecule has 1 aromatic rings. The van der Waals surface area contributed by atoms with Gasteiger partial charge in [0, 0.05) is 24.7 Å². The molecule has 0 bridgehead atoms. The number of alkyl halides is 3. The van der Waals surface area contributed by atoms with Gasteiger partial charge in [-0.05, 0) is 57.7 Å². The number of amides is 1. The van der Waals surface area contributed by atoms with Crippen molar-refractivity contribution in [3.05, 3.63) is 35.1 Å². The second-order valence-electron chi connectivity index (χ2n) is 8.27. The van der Waals surface area contributed by atoms with E-state index in [-0.39, 0.29) is 12.1 Å². The SMILES string of the molecule is CC(C)(C)OC(=O)N1CC[C@H]1CNC1(c2ccc(F)c(C(F)(F)F)c2)CC1. The minimum atomic E-state index is -4.72. The van der Waals surface area contributed by atoms with E-state index in [9.17, 15) is 22.4 Å². The van der Waals surface area contributed by atoms with E-state index in [4.69, 9.17) is 4.74 Å². The third kappa shape index (κ3) is 4.36. The predicted octanol–water partition coefficient (Wildman–Crippen LogP) is 4.43. The second kappa shape index (κ2) is 6.65. The Kier molecular flexibility index (Phi) is 4.91. The topological polar surface area (TPSA) is 41.6 Å². The van der Waals surface area contributed by atoms with Gasteiger partial charge in [0.25, 0.3) is 0 Å². The Bertz CT molecular complexity index is 723. The van der Waals surface area contributed by atoms with Crippen molar-refractivity contribution in [3.8, 4) is 0 Å². The molecule has 1 aliphatic heterocycles. The van der Waals surface area contributed by atoms with Gasteiger partial charge in [-0.15, -0.1) is 0 Å². The molecule has 1 atom stereocenters. The molecule has 8 heteroatoms. The number of rotatable bonds is 4. The van der Waals surface area contributed by atoms with Crippen molar-refractivity contribution in [1.82, 2.24) is 10.2 Å². The molecule has 0 aromatic heterocycles. The number of ether oxygens (including phenoxy) is 1. The molecule has 2 fully saturated rings. The highest BCUT2D eigenvalue weighted by atomic mass is 19.4. The van der Waals surface area contributed by atoms with Crippen LogP contribution in [0.1, 0.15) is 51.2 Å². The molecule has 3 rings (SSSR count). The molecule has 0 radical (unpaired) electrons. The number of carbonyl (C=O) groups is 1. The van der Waals surface area contributed by atoms with E-state index in [1.807, 2.05) is 0 Å². The maximum atomic E-state index is 13.5. The van der Waals surface area contributed by atoms with Crippen molar-refractivity contribution >= 4 is 6.09 Å². The number of carbonyl (C=O) groups excluding carboxylic acids is 1. The second-order valence-corrected chi connectivity index (χ2v) is 8.27. The first kappa shape index (κ1) is 19.9. The highest BCUT2D eigenvalue weighted by Crippen LogP contribution is 2.47. The van der Waals surface area contributed by atoms with E-state index in [1.54, 1.807) is 25.7 Å². The van der Waals surface area contributed by atoms with E-state index in [0.29, 0.717) is 31.5 Å². The molecular formula is C19H24F4N2O2. The largest absolute Gasteiger partial charge is 0.444 e. The Morgan fingerprint density at radius 2 is 1.96 bits per heavy atom. The van der Waals surface area contributed by atoms with Gasteiger partial charge in [0.05, 0.1) is 5.56 Å². The summed E-state index contributed by atoms with van der Waals surface area (Å²) in [6, 6.07) is 3.11. The Morgan fingerprint density at radius 3 is 2.44 bits per heavy atom. The van der Waals surface area contributed by atoms with Gasteiger partial charge in [-0.1, -0.05) is 6.07 Å². The molecule has 1 aromatic carbocycles. The number of halogens is 4. The third-order valence-electron chi connectivity index (χ3n) is 5.02. The normalized spacial score (nSPS) is 21.6. The van der Waals surface area contributed by atoms with E-state index in [2.05, 4.69) is 5.32 Å². The molecule has 1 amide bonds. The summed E-state index contributed by atoms with van der Waals surface area (Å²) in [5.41, 5.74) is -1.97. The van der Waals surface area contributed by atoms with Crippen LogP contribution in [-0.2, 0) is 16.5 Å². The number of nitrogens with zero attached hydrogens (tertiary/aromatic N) is 1. The molecule has 1 aliphatic carbocycles. The fourth-order valence-electron chi connectivity index (χ4n) is 3.26. The van der Waals surface area contributed by atoms with Gasteiger partial charge in [-0.25, -0.2) is 9.18 Å². The zero-order valence-electron chi connectivity index (χ0n) is 15.6. The van der Waals surface area contributed by atoms with Crippen LogP contribution < -0.4 is 5.32 Å². The lowest BCUT2D eigenvalue weighted by Crippen LogP contribution is -2.57. The fourth-order valence-corrected chi connectivity index (χ4v) is 3.26. The molecule has 1 saturated carbocycles. The van der Waals surface area contributed by atoms with Gasteiger partial charge >= 0.3 is 12.3 Å². The summed E-state index contributed by atoms with van der Waals surface area (Å²) in [6.07, 6.45) is -2.95. The lowest BCUT2D eigenvalue weighted by molar-refractivity contribution is -0.140. The number of hydrogen-bond acceptors (Lipinski definition) is 3. The molecule has 1 heterocycles. The summed E-state index contributed by atoms with van der Waals surface area (Å²) in [7, 11) is 0. The average Bonchev–Trinajstić information content (AvgIpc) is 3.24. The van der Waals surface area contributed by atoms with Crippen LogP contribution in [0.25, 0.3) is 0 Å². The van der Waals surface area contributed by atoms with Gasteiger partial charge in [-0.3, -0.25) is 0 Å². The van der Waals surface area contributed by atoms with Gasteiger partial charge in [0.15, 0.2) is 0 Å². The van der Waals surface area contributed by atoms with E-state index >= 15 is 0 Å². The molecule has 1 N–H and O–H groups in total. The molecule has 2 aliphatic rings. The first-order valence-electron chi connectivity index (χ1n) is 9.03. The van der Waals surface area contributed by atoms with Crippen molar-refractivity contribution in [2.45, 2.75) is 63.4 Å². The maximum absolute atomic E-state index is 13.5. The van der Waals surface area contributed by atoms with Crippen LogP contribution in [0.3, 0.4) is 0 Å². The van der Waals surface area contributed by atoms with Crippen LogP contribution in [0.5, 0.6) is 0 Å². The van der Waals surface area contributed by atoms with Crippen LogP contribution in [-0.4, -0.2) is 35.7 Å². The molecule has 0 spiro atoms. The lowest BCUT2D eigenvalue weighted by Gasteiger charge is -2.42. The summed E-state index contributed by atoms with van der Waals surface area (Å²) >= 11 is 0. The Labute approximate surface area is 155 Å². The summed E-state index contributed by atoms with van der Waals surface area (Å²) in [6.45, 7) is 6.44. The Hall–Kier alpha value is -1.83. The lowest BCUT2D eigenvalue weighted by atomic mass is 9.99. The summed E-state index contributed by atoms with van der Waals surface area (Å²) < 4.78 is 57.8. The van der Waals surface area contributed by atoms with Crippen molar-refractivity contribution in [2.75, 3.05) is 13.1 Å². The first-order valence-corrected chi connectivity index (χ1v) is 9.03. The van der Waals surface area contributed by atoms with Gasteiger partial charge < -0.3 is 15.0 Å². The van der Waals surface area contributed by atoms with Crippen molar-refractivity contribution < 1.29 is 27.1 Å². The van der Waals surface area contributed by atoms with E-state index in [0.717, 1.165) is 18.6 Å².